The molecular weight excluding hydrogens is 310 g/mol. The lowest BCUT2D eigenvalue weighted by Crippen LogP contribution is -2.13. The molecule has 0 fully saturated rings. The van der Waals surface area contributed by atoms with Crippen LogP contribution in [0.25, 0.3) is 0 Å². The first kappa shape index (κ1) is 16.8. The summed E-state index contributed by atoms with van der Waals surface area (Å²) in [6.07, 6.45) is 0. The largest absolute Gasteiger partial charge is 0.462 e. The SMILES string of the molecule is CCOC(=O)c1c(C)nc(SCc2ccccc2)c(C#N)c1N. The Labute approximate surface area is 139 Å². The van der Waals surface area contributed by atoms with Gasteiger partial charge in [-0.15, -0.1) is 11.8 Å². The van der Waals surface area contributed by atoms with Crippen LogP contribution in [0.3, 0.4) is 0 Å². The molecule has 0 radical (unpaired) electrons. The summed E-state index contributed by atoms with van der Waals surface area (Å²) in [6.45, 7) is 3.65. The number of aromatic nitrogens is 1. The second-order valence-electron chi connectivity index (χ2n) is 4.77. The molecular formula is C17H17N3O2S. The van der Waals surface area contributed by atoms with Gasteiger partial charge < -0.3 is 10.5 Å². The van der Waals surface area contributed by atoms with Gasteiger partial charge in [-0.3, -0.25) is 0 Å². The molecule has 1 aromatic carbocycles. The maximum absolute atomic E-state index is 12.0. The van der Waals surface area contributed by atoms with E-state index < -0.39 is 5.97 Å². The number of rotatable bonds is 5. The monoisotopic (exact) mass is 327 g/mol. The minimum Gasteiger partial charge on any atom is -0.462 e. The first-order valence-electron chi connectivity index (χ1n) is 7.12. The fourth-order valence-electron chi connectivity index (χ4n) is 2.10. The van der Waals surface area contributed by atoms with E-state index in [0.29, 0.717) is 16.5 Å². The summed E-state index contributed by atoms with van der Waals surface area (Å²) in [5.41, 5.74) is 8.14. The molecule has 0 saturated heterocycles. The highest BCUT2D eigenvalue weighted by atomic mass is 32.2. The number of ether oxygens (including phenoxy) is 1. The van der Waals surface area contributed by atoms with Gasteiger partial charge in [-0.05, 0) is 19.4 Å². The molecule has 0 bridgehead atoms. The van der Waals surface area contributed by atoms with E-state index >= 15 is 0 Å². The van der Waals surface area contributed by atoms with E-state index in [0.717, 1.165) is 5.56 Å². The fraction of sp³-hybridized carbons (Fsp3) is 0.235. The molecule has 5 nitrogen and oxygen atoms in total. The normalized spacial score (nSPS) is 10.1. The number of carbonyl (C=O) groups excluding carboxylic acids is 1. The van der Waals surface area contributed by atoms with E-state index in [1.54, 1.807) is 13.8 Å². The first-order valence-corrected chi connectivity index (χ1v) is 8.11. The summed E-state index contributed by atoms with van der Waals surface area (Å²) in [4.78, 5) is 16.4. The highest BCUT2D eigenvalue weighted by molar-refractivity contribution is 7.98. The Morgan fingerprint density at radius 1 is 1.39 bits per heavy atom. The van der Waals surface area contributed by atoms with Crippen molar-refractivity contribution in [1.82, 2.24) is 4.98 Å². The van der Waals surface area contributed by atoms with Crippen molar-refractivity contribution in [1.29, 1.82) is 5.26 Å². The van der Waals surface area contributed by atoms with Crippen LogP contribution in [0.1, 0.15) is 34.1 Å². The molecule has 0 amide bonds. The zero-order chi connectivity index (χ0) is 16.8. The summed E-state index contributed by atoms with van der Waals surface area (Å²) in [5, 5.41) is 9.92. The van der Waals surface area contributed by atoms with Gasteiger partial charge in [-0.1, -0.05) is 30.3 Å². The molecule has 2 aromatic rings. The van der Waals surface area contributed by atoms with Crippen LogP contribution in [-0.4, -0.2) is 17.6 Å². The Hall–Kier alpha value is -2.52. The third kappa shape index (κ3) is 3.82. The van der Waals surface area contributed by atoms with E-state index in [2.05, 4.69) is 4.98 Å². The molecule has 0 saturated carbocycles. The van der Waals surface area contributed by atoms with Gasteiger partial charge in [0.15, 0.2) is 0 Å². The smallest absolute Gasteiger partial charge is 0.342 e. The number of nitrogens with zero attached hydrogens (tertiary/aromatic N) is 2. The zero-order valence-electron chi connectivity index (χ0n) is 13.0. The van der Waals surface area contributed by atoms with Crippen LogP contribution in [-0.2, 0) is 10.5 Å². The van der Waals surface area contributed by atoms with Gasteiger partial charge in [-0.25, -0.2) is 9.78 Å². The molecule has 0 aliphatic heterocycles. The van der Waals surface area contributed by atoms with Crippen molar-refractivity contribution in [3.63, 3.8) is 0 Å². The van der Waals surface area contributed by atoms with E-state index in [-0.39, 0.29) is 23.4 Å². The highest BCUT2D eigenvalue weighted by Crippen LogP contribution is 2.31. The zero-order valence-corrected chi connectivity index (χ0v) is 13.8. The molecule has 0 aliphatic rings. The number of hydrogen-bond donors (Lipinski definition) is 1. The van der Waals surface area contributed by atoms with Crippen molar-refractivity contribution in [2.24, 2.45) is 0 Å². The predicted molar refractivity (Wildman–Crippen MR) is 90.1 cm³/mol. The molecule has 2 rings (SSSR count). The number of carbonyl (C=O) groups is 1. The van der Waals surface area contributed by atoms with Gasteiger partial charge in [0.1, 0.15) is 22.2 Å². The summed E-state index contributed by atoms with van der Waals surface area (Å²) in [7, 11) is 0. The van der Waals surface area contributed by atoms with Gasteiger partial charge in [0.05, 0.1) is 18.0 Å². The summed E-state index contributed by atoms with van der Waals surface area (Å²) in [5.74, 6) is 0.117. The number of esters is 1. The minimum absolute atomic E-state index is 0.133. The Balaban J connectivity index is 2.34. The van der Waals surface area contributed by atoms with Gasteiger partial charge in [-0.2, -0.15) is 5.26 Å². The van der Waals surface area contributed by atoms with E-state index in [1.165, 1.54) is 11.8 Å². The number of thioether (sulfide) groups is 1. The van der Waals surface area contributed by atoms with Crippen LogP contribution in [0.15, 0.2) is 35.4 Å². The van der Waals surface area contributed by atoms with Crippen molar-refractivity contribution in [3.05, 3.63) is 52.7 Å². The second-order valence-corrected chi connectivity index (χ2v) is 5.74. The van der Waals surface area contributed by atoms with Crippen molar-refractivity contribution in [2.75, 3.05) is 12.3 Å². The van der Waals surface area contributed by atoms with Crippen molar-refractivity contribution in [2.45, 2.75) is 24.6 Å². The third-order valence-electron chi connectivity index (χ3n) is 3.19. The Morgan fingerprint density at radius 3 is 2.70 bits per heavy atom. The van der Waals surface area contributed by atoms with E-state index in [9.17, 15) is 10.1 Å². The van der Waals surface area contributed by atoms with Crippen LogP contribution in [0.2, 0.25) is 0 Å². The summed E-state index contributed by atoms with van der Waals surface area (Å²) >= 11 is 1.42. The van der Waals surface area contributed by atoms with E-state index in [1.807, 2.05) is 36.4 Å². The standard InChI is InChI=1S/C17H17N3O2S/c1-3-22-17(21)14-11(2)20-16(13(9-18)15(14)19)23-10-12-7-5-4-6-8-12/h4-8H,3,10H2,1-2H3,(H2,19,20). The average Bonchev–Trinajstić information content (AvgIpc) is 2.54. The third-order valence-corrected chi connectivity index (χ3v) is 4.24. The van der Waals surface area contributed by atoms with Gasteiger partial charge >= 0.3 is 5.97 Å². The van der Waals surface area contributed by atoms with Crippen LogP contribution >= 0.6 is 11.8 Å². The Morgan fingerprint density at radius 2 is 2.09 bits per heavy atom. The van der Waals surface area contributed by atoms with Crippen LogP contribution in [0.4, 0.5) is 5.69 Å². The summed E-state index contributed by atoms with van der Waals surface area (Å²) < 4.78 is 4.98. The van der Waals surface area contributed by atoms with Gasteiger partial charge in [0, 0.05) is 5.75 Å². The van der Waals surface area contributed by atoms with Crippen molar-refractivity contribution < 1.29 is 9.53 Å². The molecule has 2 N–H and O–H groups in total. The number of pyridine rings is 1. The van der Waals surface area contributed by atoms with E-state index in [4.69, 9.17) is 10.5 Å². The molecule has 0 aliphatic carbocycles. The maximum Gasteiger partial charge on any atom is 0.342 e. The molecule has 6 heteroatoms. The molecule has 1 aromatic heterocycles. The van der Waals surface area contributed by atoms with Crippen molar-refractivity contribution >= 4 is 23.4 Å². The van der Waals surface area contributed by atoms with Crippen molar-refractivity contribution in [3.8, 4) is 6.07 Å². The topological polar surface area (TPSA) is 89.0 Å². The Kier molecular flexibility index (Phi) is 5.61. The number of nitrogen functional groups attached to an aromatic ring is 1. The maximum atomic E-state index is 12.0. The molecule has 23 heavy (non-hydrogen) atoms. The van der Waals surface area contributed by atoms with Crippen LogP contribution in [0, 0.1) is 18.3 Å². The Bertz CT molecular complexity index is 755. The minimum atomic E-state index is -0.550. The predicted octanol–water partition coefficient (Wildman–Crippen LogP) is 3.31. The molecule has 0 unspecified atom stereocenters. The number of anilines is 1. The lowest BCUT2D eigenvalue weighted by Gasteiger charge is -2.12. The number of nitrogens with two attached hydrogens (primary N) is 1. The number of aryl methyl sites for hydroxylation is 1. The van der Waals surface area contributed by atoms with Gasteiger partial charge in [0.25, 0.3) is 0 Å². The molecule has 0 atom stereocenters. The lowest BCUT2D eigenvalue weighted by atomic mass is 10.1. The lowest BCUT2D eigenvalue weighted by molar-refractivity contribution is 0.0526. The first-order chi connectivity index (χ1) is 11.1. The fourth-order valence-corrected chi connectivity index (χ4v) is 3.10. The number of benzene rings is 1. The highest BCUT2D eigenvalue weighted by Gasteiger charge is 2.22. The summed E-state index contributed by atoms with van der Waals surface area (Å²) in [6, 6.07) is 11.9. The molecule has 1 heterocycles. The molecule has 0 spiro atoms. The van der Waals surface area contributed by atoms with Crippen LogP contribution < -0.4 is 5.73 Å². The van der Waals surface area contributed by atoms with Crippen LogP contribution in [0.5, 0.6) is 0 Å². The number of nitriles is 1. The molecule has 118 valence electrons. The average molecular weight is 327 g/mol. The second kappa shape index (κ2) is 7.65. The number of hydrogen-bond acceptors (Lipinski definition) is 6. The quantitative estimate of drug-likeness (QED) is 0.669. The van der Waals surface area contributed by atoms with Gasteiger partial charge in [0.2, 0.25) is 0 Å².